The van der Waals surface area contributed by atoms with Gasteiger partial charge in [0.15, 0.2) is 0 Å². The normalized spacial score (nSPS) is 23.0. The Morgan fingerprint density at radius 2 is 1.79 bits per heavy atom. The first-order chi connectivity index (χ1) is 9.19. The highest BCUT2D eigenvalue weighted by molar-refractivity contribution is 5.47. The van der Waals surface area contributed by atoms with Crippen molar-refractivity contribution in [3.63, 3.8) is 0 Å². The Balaban J connectivity index is 1.63. The van der Waals surface area contributed by atoms with E-state index in [4.69, 9.17) is 5.73 Å². The molecule has 3 heteroatoms. The van der Waals surface area contributed by atoms with Gasteiger partial charge in [-0.05, 0) is 56.3 Å². The monoisotopic (exact) mass is 262 g/mol. The molecule has 0 unspecified atom stereocenters. The van der Waals surface area contributed by atoms with Crippen LogP contribution < -0.4 is 5.73 Å². The Kier molecular flexibility index (Phi) is 3.48. The second kappa shape index (κ2) is 5.12. The van der Waals surface area contributed by atoms with Gasteiger partial charge in [0.1, 0.15) is 5.82 Å². The zero-order valence-corrected chi connectivity index (χ0v) is 11.5. The van der Waals surface area contributed by atoms with Crippen LogP contribution in [0.4, 0.5) is 10.1 Å². The van der Waals surface area contributed by atoms with Crippen LogP contribution in [-0.2, 0) is 6.54 Å². The topological polar surface area (TPSA) is 29.3 Å². The van der Waals surface area contributed by atoms with Crippen LogP contribution in [0.15, 0.2) is 18.2 Å². The van der Waals surface area contributed by atoms with Crippen LogP contribution in [0.3, 0.4) is 0 Å². The van der Waals surface area contributed by atoms with E-state index in [2.05, 4.69) is 4.90 Å². The number of halogens is 1. The van der Waals surface area contributed by atoms with Gasteiger partial charge < -0.3 is 5.73 Å². The summed E-state index contributed by atoms with van der Waals surface area (Å²) in [6, 6.07) is 4.98. The van der Waals surface area contributed by atoms with E-state index >= 15 is 0 Å². The van der Waals surface area contributed by atoms with Gasteiger partial charge in [0.05, 0.1) is 0 Å². The van der Waals surface area contributed by atoms with Crippen molar-refractivity contribution in [1.29, 1.82) is 0 Å². The fourth-order valence-corrected chi connectivity index (χ4v) is 3.78. The first-order valence-corrected chi connectivity index (χ1v) is 7.44. The van der Waals surface area contributed by atoms with Gasteiger partial charge in [0, 0.05) is 17.8 Å². The average molecular weight is 262 g/mol. The van der Waals surface area contributed by atoms with E-state index in [1.807, 2.05) is 0 Å². The molecule has 0 bridgehead atoms. The Bertz CT molecular complexity index is 422. The van der Waals surface area contributed by atoms with Crippen LogP contribution >= 0.6 is 0 Å². The minimum atomic E-state index is -0.166. The summed E-state index contributed by atoms with van der Waals surface area (Å²) in [6.07, 6.45) is 8.18. The van der Waals surface area contributed by atoms with Gasteiger partial charge in [-0.2, -0.15) is 0 Å². The molecule has 104 valence electrons. The highest BCUT2D eigenvalue weighted by Gasteiger charge is 2.36. The zero-order valence-electron chi connectivity index (χ0n) is 11.5. The van der Waals surface area contributed by atoms with Crippen molar-refractivity contribution in [2.75, 3.05) is 18.8 Å². The molecule has 1 saturated carbocycles. The van der Waals surface area contributed by atoms with Gasteiger partial charge >= 0.3 is 0 Å². The van der Waals surface area contributed by atoms with Crippen LogP contribution in [0.25, 0.3) is 0 Å². The largest absolute Gasteiger partial charge is 0.398 e. The molecule has 2 fully saturated rings. The molecule has 1 aromatic rings. The van der Waals surface area contributed by atoms with E-state index in [1.165, 1.54) is 44.6 Å². The van der Waals surface area contributed by atoms with Crippen molar-refractivity contribution < 1.29 is 4.39 Å². The second-order valence-corrected chi connectivity index (χ2v) is 6.29. The summed E-state index contributed by atoms with van der Waals surface area (Å²) in [4.78, 5) is 2.36. The van der Waals surface area contributed by atoms with E-state index in [-0.39, 0.29) is 5.82 Å². The standard InChI is InChI=1S/C16H23FN2/c17-14-4-3-5-15(18)13(14)12-19-10-8-16(9-11-19)6-1-2-7-16/h3-5H,1-2,6-12,18H2. The molecule has 2 N–H and O–H groups in total. The molecule has 2 nitrogen and oxygen atoms in total. The average Bonchev–Trinajstić information content (AvgIpc) is 2.85. The van der Waals surface area contributed by atoms with Crippen molar-refractivity contribution >= 4 is 5.69 Å². The summed E-state index contributed by atoms with van der Waals surface area (Å²) in [5.74, 6) is -0.166. The van der Waals surface area contributed by atoms with Crippen molar-refractivity contribution in [1.82, 2.24) is 4.90 Å². The molecule has 0 radical (unpaired) electrons. The lowest BCUT2D eigenvalue weighted by Gasteiger charge is -2.39. The summed E-state index contributed by atoms with van der Waals surface area (Å²) in [6.45, 7) is 2.84. The number of nitrogens with zero attached hydrogens (tertiary/aromatic N) is 1. The van der Waals surface area contributed by atoms with Crippen molar-refractivity contribution in [2.24, 2.45) is 5.41 Å². The summed E-state index contributed by atoms with van der Waals surface area (Å²) in [5.41, 5.74) is 7.77. The lowest BCUT2D eigenvalue weighted by molar-refractivity contribution is 0.103. The molecule has 1 aliphatic carbocycles. The molecule has 19 heavy (non-hydrogen) atoms. The van der Waals surface area contributed by atoms with Crippen LogP contribution in [0.5, 0.6) is 0 Å². The molecule has 1 heterocycles. The Hall–Kier alpha value is -1.09. The van der Waals surface area contributed by atoms with Crippen LogP contribution in [0.2, 0.25) is 0 Å². The third-order valence-corrected chi connectivity index (χ3v) is 5.12. The van der Waals surface area contributed by atoms with Gasteiger partial charge in [0.2, 0.25) is 0 Å². The zero-order chi connectivity index (χ0) is 13.3. The molecular formula is C16H23FN2. The second-order valence-electron chi connectivity index (χ2n) is 6.29. The molecule has 1 aromatic carbocycles. The lowest BCUT2D eigenvalue weighted by atomic mass is 9.77. The Morgan fingerprint density at radius 3 is 2.42 bits per heavy atom. The van der Waals surface area contributed by atoms with Crippen molar-refractivity contribution in [3.8, 4) is 0 Å². The molecule has 1 spiro atoms. The number of hydrogen-bond acceptors (Lipinski definition) is 2. The molecular weight excluding hydrogens is 239 g/mol. The number of likely N-dealkylation sites (tertiary alicyclic amines) is 1. The number of piperidine rings is 1. The Labute approximate surface area is 114 Å². The van der Waals surface area contributed by atoms with Crippen molar-refractivity contribution in [2.45, 2.75) is 45.1 Å². The number of rotatable bonds is 2. The number of nitrogen functional groups attached to an aromatic ring is 1. The number of benzene rings is 1. The molecule has 0 atom stereocenters. The summed E-state index contributed by atoms with van der Waals surface area (Å²) in [7, 11) is 0. The summed E-state index contributed by atoms with van der Waals surface area (Å²) >= 11 is 0. The lowest BCUT2D eigenvalue weighted by Crippen LogP contribution is -2.38. The number of nitrogens with two attached hydrogens (primary N) is 1. The van der Waals surface area contributed by atoms with E-state index in [1.54, 1.807) is 12.1 Å². The molecule has 0 amide bonds. The van der Waals surface area contributed by atoms with E-state index in [9.17, 15) is 4.39 Å². The molecule has 1 aliphatic heterocycles. The smallest absolute Gasteiger partial charge is 0.129 e. The maximum Gasteiger partial charge on any atom is 0.129 e. The van der Waals surface area contributed by atoms with Gasteiger partial charge in [0.25, 0.3) is 0 Å². The third kappa shape index (κ3) is 2.62. The molecule has 0 aromatic heterocycles. The van der Waals surface area contributed by atoms with Crippen LogP contribution in [0.1, 0.15) is 44.1 Å². The Morgan fingerprint density at radius 1 is 1.11 bits per heavy atom. The highest BCUT2D eigenvalue weighted by atomic mass is 19.1. The predicted octanol–water partition coefficient (Wildman–Crippen LogP) is 3.56. The maximum atomic E-state index is 13.8. The van der Waals surface area contributed by atoms with E-state index < -0.39 is 0 Å². The van der Waals surface area contributed by atoms with Crippen LogP contribution in [0, 0.1) is 11.2 Å². The first-order valence-electron chi connectivity index (χ1n) is 7.44. The van der Waals surface area contributed by atoms with Gasteiger partial charge in [-0.25, -0.2) is 4.39 Å². The van der Waals surface area contributed by atoms with Crippen LogP contribution in [-0.4, -0.2) is 18.0 Å². The molecule has 3 rings (SSSR count). The van der Waals surface area contributed by atoms with Gasteiger partial charge in [-0.15, -0.1) is 0 Å². The molecule has 1 saturated heterocycles. The van der Waals surface area contributed by atoms with Gasteiger partial charge in [-0.3, -0.25) is 4.90 Å². The van der Waals surface area contributed by atoms with Gasteiger partial charge in [-0.1, -0.05) is 18.9 Å². The highest BCUT2D eigenvalue weighted by Crippen LogP contribution is 2.46. The minimum absolute atomic E-state index is 0.166. The minimum Gasteiger partial charge on any atom is -0.398 e. The fourth-order valence-electron chi connectivity index (χ4n) is 3.78. The van der Waals surface area contributed by atoms with E-state index in [0.717, 1.165) is 13.1 Å². The maximum absolute atomic E-state index is 13.8. The predicted molar refractivity (Wildman–Crippen MR) is 76.2 cm³/mol. The first kappa shape index (κ1) is 12.9. The quantitative estimate of drug-likeness (QED) is 0.826. The number of hydrogen-bond donors (Lipinski definition) is 1. The SMILES string of the molecule is Nc1cccc(F)c1CN1CCC2(CCCC2)CC1. The fraction of sp³-hybridized carbons (Fsp3) is 0.625. The van der Waals surface area contributed by atoms with Crippen molar-refractivity contribution in [3.05, 3.63) is 29.6 Å². The van der Waals surface area contributed by atoms with E-state index in [0.29, 0.717) is 23.2 Å². The third-order valence-electron chi connectivity index (χ3n) is 5.12. The molecule has 2 aliphatic rings. The summed E-state index contributed by atoms with van der Waals surface area (Å²) in [5, 5.41) is 0. The summed E-state index contributed by atoms with van der Waals surface area (Å²) < 4.78 is 13.8. The number of anilines is 1.